The minimum atomic E-state index is -0.158. The highest BCUT2D eigenvalue weighted by Gasteiger charge is 2.16. The zero-order valence-corrected chi connectivity index (χ0v) is 16.9. The summed E-state index contributed by atoms with van der Waals surface area (Å²) in [5, 5.41) is 12.8. The standard InChI is InChI=1S/C17H14Cl3N5OS/c18-11-3-1-2-10(6-11)8-22-15(26)9-27-17-24-23-16(25(17)21)13-5-4-12(19)7-14(13)20/h1-7H,8-9,21H2,(H,22,26). The van der Waals surface area contributed by atoms with Crippen LogP contribution in [0.25, 0.3) is 11.4 Å². The average Bonchev–Trinajstić information content (AvgIpc) is 2.99. The average molecular weight is 443 g/mol. The maximum absolute atomic E-state index is 12.1. The number of hydrogen-bond acceptors (Lipinski definition) is 5. The predicted molar refractivity (Wildman–Crippen MR) is 110 cm³/mol. The summed E-state index contributed by atoms with van der Waals surface area (Å²) in [7, 11) is 0. The van der Waals surface area contributed by atoms with Crippen LogP contribution in [0.1, 0.15) is 5.56 Å². The Kier molecular flexibility index (Phi) is 6.49. The fraction of sp³-hybridized carbons (Fsp3) is 0.118. The first kappa shape index (κ1) is 19.8. The molecule has 3 N–H and O–H groups in total. The molecule has 6 nitrogen and oxygen atoms in total. The van der Waals surface area contributed by atoms with Crippen LogP contribution in [0.4, 0.5) is 0 Å². The fourth-order valence-corrected chi connectivity index (χ4v) is 3.65. The van der Waals surface area contributed by atoms with Gasteiger partial charge in [-0.05, 0) is 35.9 Å². The maximum atomic E-state index is 12.1. The van der Waals surface area contributed by atoms with Gasteiger partial charge in [-0.2, -0.15) is 0 Å². The van der Waals surface area contributed by atoms with Crippen molar-refractivity contribution < 1.29 is 4.79 Å². The number of carbonyl (C=O) groups is 1. The minimum Gasteiger partial charge on any atom is -0.351 e. The van der Waals surface area contributed by atoms with E-state index in [1.54, 1.807) is 30.3 Å². The molecule has 0 aliphatic rings. The third kappa shape index (κ3) is 5.07. The van der Waals surface area contributed by atoms with Crippen molar-refractivity contribution >= 4 is 52.5 Å². The second-order valence-corrected chi connectivity index (χ2v) is 7.72. The van der Waals surface area contributed by atoms with Crippen LogP contribution in [-0.2, 0) is 11.3 Å². The summed E-state index contributed by atoms with van der Waals surface area (Å²) < 4.78 is 1.30. The highest BCUT2D eigenvalue weighted by Crippen LogP contribution is 2.30. The van der Waals surface area contributed by atoms with Gasteiger partial charge in [-0.1, -0.05) is 58.7 Å². The van der Waals surface area contributed by atoms with Gasteiger partial charge in [0.2, 0.25) is 11.1 Å². The number of hydrogen-bond donors (Lipinski definition) is 2. The molecule has 0 aliphatic carbocycles. The summed E-state index contributed by atoms with van der Waals surface area (Å²) in [5.41, 5.74) is 1.52. The van der Waals surface area contributed by atoms with E-state index in [2.05, 4.69) is 15.5 Å². The van der Waals surface area contributed by atoms with Gasteiger partial charge in [-0.15, -0.1) is 10.2 Å². The molecule has 0 atom stereocenters. The molecule has 1 amide bonds. The molecule has 0 fully saturated rings. The zero-order chi connectivity index (χ0) is 19.4. The number of nitrogen functional groups attached to an aromatic ring is 1. The first-order valence-electron chi connectivity index (χ1n) is 7.74. The van der Waals surface area contributed by atoms with Crippen molar-refractivity contribution in [1.29, 1.82) is 0 Å². The molecule has 0 saturated heterocycles. The third-order valence-electron chi connectivity index (χ3n) is 3.55. The molecule has 140 valence electrons. The lowest BCUT2D eigenvalue weighted by molar-refractivity contribution is -0.118. The summed E-state index contributed by atoms with van der Waals surface area (Å²) in [4.78, 5) is 12.1. The van der Waals surface area contributed by atoms with E-state index < -0.39 is 0 Å². The molecule has 1 heterocycles. The van der Waals surface area contributed by atoms with E-state index in [1.807, 2.05) is 12.1 Å². The first-order chi connectivity index (χ1) is 12.9. The molecule has 0 saturated carbocycles. The van der Waals surface area contributed by atoms with Gasteiger partial charge >= 0.3 is 0 Å². The van der Waals surface area contributed by atoms with E-state index in [1.165, 1.54) is 16.4 Å². The zero-order valence-electron chi connectivity index (χ0n) is 13.8. The number of carbonyl (C=O) groups excluding carboxylic acids is 1. The normalized spacial score (nSPS) is 10.8. The Hall–Kier alpha value is -1.93. The van der Waals surface area contributed by atoms with Crippen molar-refractivity contribution in [3.05, 3.63) is 63.1 Å². The van der Waals surface area contributed by atoms with Crippen molar-refractivity contribution in [2.75, 3.05) is 11.6 Å². The Bertz CT molecular complexity index is 979. The number of nitrogens with one attached hydrogen (secondary N) is 1. The minimum absolute atomic E-state index is 0.143. The van der Waals surface area contributed by atoms with E-state index in [-0.39, 0.29) is 11.7 Å². The number of halogens is 3. The van der Waals surface area contributed by atoms with Gasteiger partial charge in [-0.25, -0.2) is 4.68 Å². The molecule has 0 unspecified atom stereocenters. The molecular formula is C17H14Cl3N5OS. The quantitative estimate of drug-likeness (QED) is 0.445. The summed E-state index contributed by atoms with van der Waals surface area (Å²) in [6, 6.07) is 12.3. The van der Waals surface area contributed by atoms with E-state index in [0.717, 1.165) is 5.56 Å². The lowest BCUT2D eigenvalue weighted by atomic mass is 10.2. The Labute approximate surface area is 175 Å². The molecule has 1 aromatic heterocycles. The molecule has 0 aliphatic heterocycles. The Morgan fingerprint density at radius 2 is 1.89 bits per heavy atom. The SMILES string of the molecule is Nn1c(SCC(=O)NCc2cccc(Cl)c2)nnc1-c1ccc(Cl)cc1Cl. The number of aromatic nitrogens is 3. The molecule has 27 heavy (non-hydrogen) atoms. The summed E-state index contributed by atoms with van der Waals surface area (Å²) in [6.45, 7) is 0.390. The van der Waals surface area contributed by atoms with E-state index in [9.17, 15) is 4.79 Å². The summed E-state index contributed by atoms with van der Waals surface area (Å²) in [6.07, 6.45) is 0. The van der Waals surface area contributed by atoms with Crippen LogP contribution >= 0.6 is 46.6 Å². The van der Waals surface area contributed by atoms with Crippen molar-refractivity contribution in [2.24, 2.45) is 0 Å². The van der Waals surface area contributed by atoms with Crippen LogP contribution in [0.5, 0.6) is 0 Å². The van der Waals surface area contributed by atoms with Crippen molar-refractivity contribution in [3.63, 3.8) is 0 Å². The predicted octanol–water partition coefficient (Wildman–Crippen LogP) is 4.03. The van der Waals surface area contributed by atoms with Crippen LogP contribution in [0.15, 0.2) is 47.6 Å². The second kappa shape index (κ2) is 8.84. The Morgan fingerprint density at radius 3 is 2.63 bits per heavy atom. The maximum Gasteiger partial charge on any atom is 0.230 e. The summed E-state index contributed by atoms with van der Waals surface area (Å²) in [5.74, 6) is 6.42. The number of benzene rings is 2. The molecule has 0 bridgehead atoms. The topological polar surface area (TPSA) is 85.8 Å². The molecule has 3 rings (SSSR count). The van der Waals surface area contributed by atoms with Gasteiger partial charge in [0.25, 0.3) is 0 Å². The lowest BCUT2D eigenvalue weighted by Crippen LogP contribution is -2.25. The van der Waals surface area contributed by atoms with Crippen LogP contribution < -0.4 is 11.2 Å². The van der Waals surface area contributed by atoms with Gasteiger partial charge in [-0.3, -0.25) is 4.79 Å². The molecular weight excluding hydrogens is 429 g/mol. The van der Waals surface area contributed by atoms with Gasteiger partial charge in [0, 0.05) is 22.2 Å². The Balaban J connectivity index is 1.60. The van der Waals surface area contributed by atoms with Crippen LogP contribution in [0, 0.1) is 0 Å². The number of thioether (sulfide) groups is 1. The monoisotopic (exact) mass is 441 g/mol. The smallest absolute Gasteiger partial charge is 0.230 e. The number of nitrogens with two attached hydrogens (primary N) is 1. The number of amides is 1. The van der Waals surface area contributed by atoms with Gasteiger partial charge < -0.3 is 11.2 Å². The number of rotatable bonds is 6. The van der Waals surface area contributed by atoms with E-state index in [0.29, 0.717) is 38.2 Å². The molecule has 2 aromatic carbocycles. The van der Waals surface area contributed by atoms with Gasteiger partial charge in [0.05, 0.1) is 10.8 Å². The number of nitrogens with zero attached hydrogens (tertiary/aromatic N) is 3. The second-order valence-electron chi connectivity index (χ2n) is 5.50. The van der Waals surface area contributed by atoms with Gasteiger partial charge in [0.15, 0.2) is 5.82 Å². The summed E-state index contributed by atoms with van der Waals surface area (Å²) >= 11 is 19.2. The van der Waals surface area contributed by atoms with Crippen molar-refractivity contribution in [3.8, 4) is 11.4 Å². The van der Waals surface area contributed by atoms with Crippen molar-refractivity contribution in [2.45, 2.75) is 11.7 Å². The molecule has 10 heteroatoms. The van der Waals surface area contributed by atoms with E-state index in [4.69, 9.17) is 40.6 Å². The first-order valence-corrected chi connectivity index (χ1v) is 9.86. The van der Waals surface area contributed by atoms with Crippen LogP contribution in [0.3, 0.4) is 0 Å². The highest BCUT2D eigenvalue weighted by atomic mass is 35.5. The van der Waals surface area contributed by atoms with Crippen molar-refractivity contribution in [1.82, 2.24) is 20.2 Å². The third-order valence-corrected chi connectivity index (χ3v) is 5.27. The highest BCUT2D eigenvalue weighted by molar-refractivity contribution is 7.99. The molecule has 0 radical (unpaired) electrons. The Morgan fingerprint density at radius 1 is 1.11 bits per heavy atom. The fourth-order valence-electron chi connectivity index (χ4n) is 2.26. The molecule has 0 spiro atoms. The molecule has 3 aromatic rings. The largest absolute Gasteiger partial charge is 0.351 e. The van der Waals surface area contributed by atoms with Crippen LogP contribution in [-0.4, -0.2) is 26.5 Å². The lowest BCUT2D eigenvalue weighted by Gasteiger charge is -2.07. The van der Waals surface area contributed by atoms with Crippen LogP contribution in [0.2, 0.25) is 15.1 Å². The van der Waals surface area contributed by atoms with Gasteiger partial charge in [0.1, 0.15) is 0 Å². The van der Waals surface area contributed by atoms with E-state index >= 15 is 0 Å².